The maximum atomic E-state index is 15.1. The molecule has 2 nitrogen and oxygen atoms in total. The molecule has 3 aromatic rings. The normalized spacial score (nSPS) is 20.8. The molecule has 0 spiro atoms. The molecule has 166 valence electrons. The number of fused-ring (bicyclic) bond motifs is 3. The van der Waals surface area contributed by atoms with Gasteiger partial charge in [0.1, 0.15) is 11.6 Å². The SMILES string of the molecule is CCC(CN1C(C)Cc2c([nH]c3ccccc23)C1c1c(F)cc(Br)cc1F)C(F)(F)F. The van der Waals surface area contributed by atoms with Crippen molar-refractivity contribution in [2.75, 3.05) is 6.54 Å². The molecule has 3 unspecified atom stereocenters. The van der Waals surface area contributed by atoms with Crippen LogP contribution in [0.4, 0.5) is 22.0 Å². The Balaban J connectivity index is 1.92. The number of aromatic amines is 1. The molecule has 31 heavy (non-hydrogen) atoms. The molecular formula is C23H22BrF5N2. The number of para-hydroxylation sites is 1. The highest BCUT2D eigenvalue weighted by Gasteiger charge is 2.44. The summed E-state index contributed by atoms with van der Waals surface area (Å²) in [5, 5.41) is 0.926. The van der Waals surface area contributed by atoms with E-state index in [0.29, 0.717) is 12.1 Å². The number of benzene rings is 2. The second-order valence-electron chi connectivity index (χ2n) is 8.15. The highest BCUT2D eigenvalue weighted by Crippen LogP contribution is 2.44. The van der Waals surface area contributed by atoms with Crippen molar-refractivity contribution in [3.63, 3.8) is 0 Å². The van der Waals surface area contributed by atoms with Gasteiger partial charge in [-0.1, -0.05) is 41.1 Å². The summed E-state index contributed by atoms with van der Waals surface area (Å²) in [4.78, 5) is 4.84. The molecule has 1 aliphatic heterocycles. The minimum atomic E-state index is -4.39. The van der Waals surface area contributed by atoms with Crippen LogP contribution in [0.25, 0.3) is 10.9 Å². The number of aromatic nitrogens is 1. The van der Waals surface area contributed by atoms with Crippen LogP contribution in [0.15, 0.2) is 40.9 Å². The van der Waals surface area contributed by atoms with Crippen molar-refractivity contribution >= 4 is 26.8 Å². The Bertz CT molecular complexity index is 1080. The molecule has 2 aromatic carbocycles. The summed E-state index contributed by atoms with van der Waals surface area (Å²) in [7, 11) is 0. The molecule has 0 bridgehead atoms. The van der Waals surface area contributed by atoms with Crippen LogP contribution in [0.1, 0.15) is 43.1 Å². The highest BCUT2D eigenvalue weighted by molar-refractivity contribution is 9.10. The predicted molar refractivity (Wildman–Crippen MR) is 114 cm³/mol. The first-order valence-corrected chi connectivity index (χ1v) is 11.0. The van der Waals surface area contributed by atoms with Gasteiger partial charge in [-0.15, -0.1) is 0 Å². The van der Waals surface area contributed by atoms with E-state index in [9.17, 15) is 13.2 Å². The molecule has 0 saturated heterocycles. The van der Waals surface area contributed by atoms with Crippen LogP contribution in [-0.2, 0) is 6.42 Å². The van der Waals surface area contributed by atoms with Gasteiger partial charge in [0.25, 0.3) is 0 Å². The fraction of sp³-hybridized carbons (Fsp3) is 0.391. The second kappa shape index (κ2) is 8.20. The van der Waals surface area contributed by atoms with E-state index in [1.807, 2.05) is 31.2 Å². The van der Waals surface area contributed by atoms with Gasteiger partial charge in [0.15, 0.2) is 0 Å². The topological polar surface area (TPSA) is 19.0 Å². The van der Waals surface area contributed by atoms with E-state index in [1.165, 1.54) is 6.92 Å². The van der Waals surface area contributed by atoms with E-state index in [0.717, 1.165) is 28.6 Å². The number of alkyl halides is 3. The number of nitrogens with zero attached hydrogens (tertiary/aromatic N) is 1. The van der Waals surface area contributed by atoms with Crippen LogP contribution >= 0.6 is 15.9 Å². The van der Waals surface area contributed by atoms with Gasteiger partial charge >= 0.3 is 6.18 Å². The largest absolute Gasteiger partial charge is 0.393 e. The monoisotopic (exact) mass is 500 g/mol. The molecule has 0 saturated carbocycles. The van der Waals surface area contributed by atoms with Crippen molar-refractivity contribution in [2.45, 2.75) is 44.9 Å². The van der Waals surface area contributed by atoms with E-state index in [2.05, 4.69) is 20.9 Å². The Hall–Kier alpha value is -1.93. The third-order valence-electron chi connectivity index (χ3n) is 6.22. The van der Waals surface area contributed by atoms with Gasteiger partial charge in [-0.2, -0.15) is 13.2 Å². The lowest BCUT2D eigenvalue weighted by molar-refractivity contribution is -0.182. The summed E-state index contributed by atoms with van der Waals surface area (Å²) in [5.74, 6) is -3.17. The lowest BCUT2D eigenvalue weighted by Crippen LogP contribution is -2.47. The van der Waals surface area contributed by atoms with Gasteiger partial charge in [0, 0.05) is 39.2 Å². The number of halogens is 6. The van der Waals surface area contributed by atoms with Gasteiger partial charge in [0.2, 0.25) is 0 Å². The molecule has 1 N–H and O–H groups in total. The van der Waals surface area contributed by atoms with E-state index in [4.69, 9.17) is 0 Å². The van der Waals surface area contributed by atoms with Gasteiger partial charge in [-0.25, -0.2) is 8.78 Å². The first kappa shape index (κ1) is 22.3. The van der Waals surface area contributed by atoms with Gasteiger partial charge in [-0.3, -0.25) is 4.90 Å². The van der Waals surface area contributed by atoms with Crippen molar-refractivity contribution in [3.8, 4) is 0 Å². The molecule has 1 aliphatic rings. The lowest BCUT2D eigenvalue weighted by atomic mass is 9.87. The Morgan fingerprint density at radius 2 is 1.81 bits per heavy atom. The Morgan fingerprint density at radius 3 is 2.42 bits per heavy atom. The molecule has 0 amide bonds. The van der Waals surface area contributed by atoms with Crippen LogP contribution in [0, 0.1) is 17.6 Å². The smallest absolute Gasteiger partial charge is 0.357 e. The van der Waals surface area contributed by atoms with Crippen molar-refractivity contribution < 1.29 is 22.0 Å². The van der Waals surface area contributed by atoms with Crippen molar-refractivity contribution in [2.24, 2.45) is 5.92 Å². The maximum absolute atomic E-state index is 15.1. The van der Waals surface area contributed by atoms with E-state index in [-0.39, 0.29) is 29.0 Å². The predicted octanol–water partition coefficient (Wildman–Crippen LogP) is 7.13. The minimum Gasteiger partial charge on any atom is -0.357 e. The zero-order valence-corrected chi connectivity index (χ0v) is 18.6. The van der Waals surface area contributed by atoms with Crippen LogP contribution in [-0.4, -0.2) is 28.6 Å². The zero-order chi connectivity index (χ0) is 22.5. The summed E-state index contributed by atoms with van der Waals surface area (Å²) < 4.78 is 71.2. The number of rotatable bonds is 4. The number of nitrogens with one attached hydrogen (secondary N) is 1. The molecule has 8 heteroatoms. The average molecular weight is 501 g/mol. The molecule has 0 aliphatic carbocycles. The van der Waals surface area contributed by atoms with Crippen LogP contribution in [0.2, 0.25) is 0 Å². The number of hydrogen-bond donors (Lipinski definition) is 1. The van der Waals surface area contributed by atoms with Gasteiger partial charge < -0.3 is 4.98 Å². The Labute approximate surface area is 185 Å². The van der Waals surface area contributed by atoms with E-state index < -0.39 is 29.8 Å². The minimum absolute atomic E-state index is 0.107. The van der Waals surface area contributed by atoms with Crippen LogP contribution in [0.3, 0.4) is 0 Å². The zero-order valence-electron chi connectivity index (χ0n) is 17.0. The third-order valence-corrected chi connectivity index (χ3v) is 6.68. The average Bonchev–Trinajstić information content (AvgIpc) is 3.03. The van der Waals surface area contributed by atoms with Gasteiger partial charge in [-0.05, 0) is 43.5 Å². The quantitative estimate of drug-likeness (QED) is 0.377. The molecule has 0 fully saturated rings. The molecule has 1 aromatic heterocycles. The second-order valence-corrected chi connectivity index (χ2v) is 9.06. The fourth-order valence-corrected chi connectivity index (χ4v) is 5.04. The van der Waals surface area contributed by atoms with Crippen molar-refractivity contribution in [1.82, 2.24) is 9.88 Å². The molecule has 4 rings (SSSR count). The van der Waals surface area contributed by atoms with Gasteiger partial charge in [0.05, 0.1) is 12.0 Å². The first-order chi connectivity index (χ1) is 14.6. The van der Waals surface area contributed by atoms with E-state index in [1.54, 1.807) is 4.90 Å². The van der Waals surface area contributed by atoms with Crippen molar-refractivity contribution in [3.05, 3.63) is 69.3 Å². The van der Waals surface area contributed by atoms with Crippen molar-refractivity contribution in [1.29, 1.82) is 0 Å². The number of H-pyrrole nitrogens is 1. The number of hydrogen-bond acceptors (Lipinski definition) is 1. The standard InChI is InChI=1S/C23H22BrF5N2/c1-3-13(23(27,28)29)11-31-12(2)8-16-15-6-4-5-7-19(15)30-21(16)22(31)20-17(25)9-14(24)10-18(20)26/h4-7,9-10,12-13,22,30H,3,8,11H2,1-2H3. The summed E-state index contributed by atoms with van der Waals surface area (Å²) >= 11 is 3.09. The molecule has 3 atom stereocenters. The third kappa shape index (κ3) is 4.00. The first-order valence-electron chi connectivity index (χ1n) is 10.2. The fourth-order valence-electron chi connectivity index (χ4n) is 4.64. The summed E-state index contributed by atoms with van der Waals surface area (Å²) in [6.07, 6.45) is -4.01. The Morgan fingerprint density at radius 1 is 1.16 bits per heavy atom. The Kier molecular flexibility index (Phi) is 5.89. The summed E-state index contributed by atoms with van der Waals surface area (Å²) in [6.45, 7) is 2.96. The summed E-state index contributed by atoms with van der Waals surface area (Å²) in [6, 6.07) is 8.48. The maximum Gasteiger partial charge on any atom is 0.393 e. The summed E-state index contributed by atoms with van der Waals surface area (Å²) in [5.41, 5.74) is 2.01. The molecule has 2 heterocycles. The van der Waals surface area contributed by atoms with Crippen LogP contribution < -0.4 is 0 Å². The van der Waals surface area contributed by atoms with E-state index >= 15 is 8.78 Å². The highest BCUT2D eigenvalue weighted by atomic mass is 79.9. The molecule has 0 radical (unpaired) electrons. The van der Waals surface area contributed by atoms with Crippen LogP contribution in [0.5, 0.6) is 0 Å². The lowest BCUT2D eigenvalue weighted by Gasteiger charge is -2.43. The molecular weight excluding hydrogens is 479 g/mol.